The number of hydrogen-bond acceptors (Lipinski definition) is 14. The molecule has 2 aromatic rings. The zero-order valence-corrected chi connectivity index (χ0v) is 30.5. The van der Waals surface area contributed by atoms with Gasteiger partial charge in [0, 0.05) is 56.7 Å². The van der Waals surface area contributed by atoms with Gasteiger partial charge in [-0.15, -0.1) is 11.6 Å². The van der Waals surface area contributed by atoms with E-state index >= 15 is 0 Å². The van der Waals surface area contributed by atoms with Crippen molar-refractivity contribution in [3.8, 4) is 0 Å². The van der Waals surface area contributed by atoms with Crippen molar-refractivity contribution in [2.75, 3.05) is 97.0 Å². The molecule has 2 heterocycles. The van der Waals surface area contributed by atoms with Crippen LogP contribution in [0.15, 0.2) is 26.7 Å². The number of anilines is 1. The summed E-state index contributed by atoms with van der Waals surface area (Å²) in [5, 5.41) is 5.80. The van der Waals surface area contributed by atoms with Gasteiger partial charge in [0.1, 0.15) is 6.04 Å². The van der Waals surface area contributed by atoms with Crippen LogP contribution in [0.5, 0.6) is 0 Å². The van der Waals surface area contributed by atoms with Gasteiger partial charge in [-0.1, -0.05) is 24.6 Å². The van der Waals surface area contributed by atoms with Crippen LogP contribution in [0.2, 0.25) is 0 Å². The lowest BCUT2D eigenvalue weighted by molar-refractivity contribution is -0.127. The first kappa shape index (κ1) is 42.9. The van der Waals surface area contributed by atoms with E-state index in [9.17, 15) is 14.4 Å². The Bertz CT molecular complexity index is 1390. The standard InChI is InChI=1S/C31H52ClN9O8S/c1-23(42)37-25(22-50-31-38-26-27(39-30(34)40-29(26)44)41(31)21-24(19-33)20-35-2)28(43)36-8-10-46-12-14-48-16-18-49-17-15-47-13-11-45-9-6-4-3-5-7-32/h19-20,25H,3-18,21-22,33H2,1-2H3,(H,36,43)(H,37,42)(H3,34,39,40,44)/t25-/m0/s1. The van der Waals surface area contributed by atoms with E-state index in [0.717, 1.165) is 49.9 Å². The number of alkyl halides is 1. The first-order chi connectivity index (χ1) is 24.3. The molecule has 2 rings (SSSR count). The van der Waals surface area contributed by atoms with Crippen molar-refractivity contribution < 1.29 is 33.3 Å². The quantitative estimate of drug-likeness (QED) is 0.0337. The topological polar surface area (TPSA) is 232 Å². The minimum atomic E-state index is -0.896. The van der Waals surface area contributed by atoms with Crippen LogP contribution in [0.4, 0.5) is 5.95 Å². The molecule has 2 aromatic heterocycles. The predicted octanol–water partition coefficient (Wildman–Crippen LogP) is 0.840. The number of nitrogens with two attached hydrogens (primary N) is 2. The van der Waals surface area contributed by atoms with Gasteiger partial charge in [0.2, 0.25) is 17.8 Å². The fourth-order valence-corrected chi connectivity index (χ4v) is 5.54. The maximum Gasteiger partial charge on any atom is 0.280 e. The third-order valence-electron chi connectivity index (χ3n) is 6.72. The summed E-state index contributed by atoms with van der Waals surface area (Å²) in [5.41, 5.74) is 12.0. The molecule has 0 aliphatic heterocycles. The number of thioether (sulfide) groups is 1. The first-order valence-corrected chi connectivity index (χ1v) is 18.0. The van der Waals surface area contributed by atoms with E-state index in [1.54, 1.807) is 17.8 Å². The van der Waals surface area contributed by atoms with Gasteiger partial charge in [-0.3, -0.25) is 28.9 Å². The van der Waals surface area contributed by atoms with E-state index in [1.165, 1.54) is 13.1 Å². The van der Waals surface area contributed by atoms with Crippen LogP contribution in [0, 0.1) is 0 Å². The van der Waals surface area contributed by atoms with Gasteiger partial charge in [-0.25, -0.2) is 4.98 Å². The molecular formula is C31H52ClN9O8S. The molecule has 19 heteroatoms. The molecule has 0 bridgehead atoms. The zero-order valence-electron chi connectivity index (χ0n) is 29.0. The molecule has 0 aromatic carbocycles. The molecule has 0 unspecified atom stereocenters. The fourth-order valence-electron chi connectivity index (χ4n) is 4.33. The van der Waals surface area contributed by atoms with Crippen molar-refractivity contribution in [2.24, 2.45) is 10.7 Å². The number of aromatic nitrogens is 4. The van der Waals surface area contributed by atoms with Gasteiger partial charge in [0.05, 0.1) is 66.0 Å². The van der Waals surface area contributed by atoms with Gasteiger partial charge in [0.15, 0.2) is 16.3 Å². The highest BCUT2D eigenvalue weighted by molar-refractivity contribution is 7.99. The van der Waals surface area contributed by atoms with Crippen LogP contribution < -0.4 is 27.7 Å². The highest BCUT2D eigenvalue weighted by Crippen LogP contribution is 2.23. The second-order valence-electron chi connectivity index (χ2n) is 10.8. The molecule has 17 nitrogen and oxygen atoms in total. The lowest BCUT2D eigenvalue weighted by Crippen LogP contribution is -2.48. The molecule has 0 aliphatic rings. The monoisotopic (exact) mass is 745 g/mol. The van der Waals surface area contributed by atoms with Crippen molar-refractivity contribution in [2.45, 2.75) is 50.4 Å². The number of halogens is 1. The lowest BCUT2D eigenvalue weighted by atomic mass is 10.2. The molecule has 50 heavy (non-hydrogen) atoms. The van der Waals surface area contributed by atoms with E-state index in [0.29, 0.717) is 63.6 Å². The number of carbonyl (C=O) groups is 2. The molecule has 2 amide bonds. The highest BCUT2D eigenvalue weighted by Gasteiger charge is 2.23. The molecule has 1 atom stereocenters. The largest absolute Gasteiger partial charge is 0.404 e. The van der Waals surface area contributed by atoms with Crippen LogP contribution in [0.3, 0.4) is 0 Å². The number of allylic oxidation sites excluding steroid dienone is 1. The third-order valence-corrected chi connectivity index (χ3v) is 8.05. The lowest BCUT2D eigenvalue weighted by Gasteiger charge is -2.17. The number of hydrogen-bond donors (Lipinski definition) is 5. The Kier molecular flexibility index (Phi) is 22.8. The average Bonchev–Trinajstić information content (AvgIpc) is 3.43. The van der Waals surface area contributed by atoms with E-state index < -0.39 is 17.5 Å². The van der Waals surface area contributed by atoms with E-state index in [4.69, 9.17) is 46.8 Å². The van der Waals surface area contributed by atoms with Crippen molar-refractivity contribution in [3.05, 3.63) is 22.1 Å². The minimum Gasteiger partial charge on any atom is -0.404 e. The van der Waals surface area contributed by atoms with Crippen LogP contribution in [0.1, 0.15) is 32.6 Å². The Morgan fingerprint density at radius 2 is 1.56 bits per heavy atom. The smallest absolute Gasteiger partial charge is 0.280 e. The molecule has 0 saturated carbocycles. The summed E-state index contributed by atoms with van der Waals surface area (Å²) in [4.78, 5) is 52.5. The van der Waals surface area contributed by atoms with Crippen molar-refractivity contribution in [1.29, 1.82) is 0 Å². The van der Waals surface area contributed by atoms with Gasteiger partial charge >= 0.3 is 0 Å². The van der Waals surface area contributed by atoms with E-state index in [2.05, 4.69) is 30.6 Å². The second kappa shape index (κ2) is 26.5. The molecule has 0 spiro atoms. The fraction of sp³-hybridized carbons (Fsp3) is 0.677. The van der Waals surface area contributed by atoms with Crippen LogP contribution in [-0.2, 0) is 39.8 Å². The number of H-pyrrole nitrogens is 1. The molecule has 0 aliphatic carbocycles. The Labute approximate surface area is 301 Å². The summed E-state index contributed by atoms with van der Waals surface area (Å²) in [6.45, 7) is 6.39. The summed E-state index contributed by atoms with van der Waals surface area (Å²) in [7, 11) is 1.60. The van der Waals surface area contributed by atoms with Gasteiger partial charge in [-0.2, -0.15) is 4.98 Å². The number of carbonyl (C=O) groups excluding carboxylic acids is 2. The Hall–Kier alpha value is -3.26. The van der Waals surface area contributed by atoms with Crippen molar-refractivity contribution in [1.82, 2.24) is 30.2 Å². The second-order valence-corrected chi connectivity index (χ2v) is 12.1. The number of aliphatic imine (C=N–C) groups is 1. The van der Waals surface area contributed by atoms with Crippen LogP contribution in [-0.4, -0.2) is 135 Å². The first-order valence-electron chi connectivity index (χ1n) is 16.5. The molecule has 282 valence electrons. The third kappa shape index (κ3) is 17.6. The Morgan fingerprint density at radius 3 is 2.14 bits per heavy atom. The summed E-state index contributed by atoms with van der Waals surface area (Å²) in [6, 6.07) is -0.896. The maximum atomic E-state index is 13.0. The molecular weight excluding hydrogens is 694 g/mol. The summed E-state index contributed by atoms with van der Waals surface area (Å²) < 4.78 is 29.2. The molecule has 0 fully saturated rings. The SMILES string of the molecule is CN=CC(=CN)Cn1c(SC[C@H](NC(C)=O)C(=O)NCCOCCOCCOCCOCCOCCCCCCCl)nc2c(=O)[nH]c(N)nc21. The predicted molar refractivity (Wildman–Crippen MR) is 194 cm³/mol. The molecule has 0 radical (unpaired) electrons. The van der Waals surface area contributed by atoms with Crippen LogP contribution in [0.25, 0.3) is 11.2 Å². The summed E-state index contributed by atoms with van der Waals surface area (Å²) in [6.07, 6.45) is 7.33. The van der Waals surface area contributed by atoms with Gasteiger partial charge in [0.25, 0.3) is 5.56 Å². The number of nitrogen functional groups attached to an aromatic ring is 1. The molecule has 0 saturated heterocycles. The number of fused-ring (bicyclic) bond motifs is 1. The van der Waals surface area contributed by atoms with E-state index in [-0.39, 0.29) is 48.5 Å². The van der Waals surface area contributed by atoms with Crippen LogP contribution >= 0.6 is 23.4 Å². The normalized spacial score (nSPS) is 12.6. The highest BCUT2D eigenvalue weighted by atomic mass is 35.5. The number of nitrogens with zero attached hydrogens (tertiary/aromatic N) is 4. The van der Waals surface area contributed by atoms with Crippen molar-refractivity contribution in [3.63, 3.8) is 0 Å². The van der Waals surface area contributed by atoms with Gasteiger partial charge in [-0.05, 0) is 12.8 Å². The summed E-state index contributed by atoms with van der Waals surface area (Å²) in [5.74, 6) is -0.0298. The number of unbranched alkanes of at least 4 members (excludes halogenated alkanes) is 3. The van der Waals surface area contributed by atoms with E-state index in [1.807, 2.05) is 0 Å². The maximum absolute atomic E-state index is 13.0. The number of ether oxygens (including phenoxy) is 5. The number of imidazole rings is 1. The summed E-state index contributed by atoms with van der Waals surface area (Å²) >= 11 is 6.82. The average molecular weight is 746 g/mol. The zero-order chi connectivity index (χ0) is 36.4. The number of nitrogens with one attached hydrogen (secondary N) is 3. The van der Waals surface area contributed by atoms with Crippen molar-refractivity contribution >= 4 is 58.5 Å². The van der Waals surface area contributed by atoms with Gasteiger partial charge < -0.3 is 45.8 Å². The minimum absolute atomic E-state index is 0.0725. The number of rotatable bonds is 29. The molecule has 7 N–H and O–H groups in total. The number of amides is 2. The Balaban J connectivity index is 1.64. The number of aromatic amines is 1. The Morgan fingerprint density at radius 1 is 0.960 bits per heavy atom.